The van der Waals surface area contributed by atoms with Crippen molar-refractivity contribution < 1.29 is 38.6 Å². The van der Waals surface area contributed by atoms with E-state index in [-0.39, 0.29) is 35.8 Å². The lowest BCUT2D eigenvalue weighted by Crippen LogP contribution is -2.40. The van der Waals surface area contributed by atoms with Gasteiger partial charge in [0.05, 0.1) is 12.4 Å². The summed E-state index contributed by atoms with van der Waals surface area (Å²) >= 11 is 2.63. The Morgan fingerprint density at radius 1 is 0.841 bits per heavy atom. The highest BCUT2D eigenvalue weighted by atomic mass is 32.1. The maximum atomic E-state index is 11.4. The summed E-state index contributed by atoms with van der Waals surface area (Å²) in [6, 6.07) is 0.0190. The maximum absolute atomic E-state index is 11.4. The Hall–Kier alpha value is -2.94. The van der Waals surface area contributed by atoms with Crippen LogP contribution in [-0.4, -0.2) is 96.0 Å². The highest BCUT2D eigenvalue weighted by Gasteiger charge is 2.29. The fourth-order valence-electron chi connectivity index (χ4n) is 4.52. The molecule has 0 aliphatic rings. The van der Waals surface area contributed by atoms with Gasteiger partial charge >= 0.3 is 17.9 Å². The van der Waals surface area contributed by atoms with Crippen LogP contribution in [0, 0.1) is 18.8 Å². The Kier molecular flexibility index (Phi) is 17.3. The van der Waals surface area contributed by atoms with E-state index in [9.17, 15) is 24.0 Å². The number of hydrogen-bond acceptors (Lipinski definition) is 13. The van der Waals surface area contributed by atoms with Gasteiger partial charge < -0.3 is 33.8 Å². The number of aromatic carboxylic acids is 1. The highest BCUT2D eigenvalue weighted by Crippen LogP contribution is 2.31. The zero-order chi connectivity index (χ0) is 33.6. The Balaban J connectivity index is 0.000000442. The molecule has 0 bridgehead atoms. The lowest BCUT2D eigenvalue weighted by atomic mass is 9.86. The van der Waals surface area contributed by atoms with Gasteiger partial charge in [-0.25, -0.2) is 14.8 Å². The van der Waals surface area contributed by atoms with E-state index in [1.165, 1.54) is 45.4 Å². The third-order valence-electron chi connectivity index (χ3n) is 6.63. The summed E-state index contributed by atoms with van der Waals surface area (Å²) in [5.74, 6) is -1.41. The number of esters is 2. The lowest BCUT2D eigenvalue weighted by Gasteiger charge is -2.32. The topological polar surface area (TPSA) is 156 Å². The summed E-state index contributed by atoms with van der Waals surface area (Å²) in [5, 5.41) is 13.6. The Morgan fingerprint density at radius 3 is 1.55 bits per heavy atom. The van der Waals surface area contributed by atoms with E-state index in [4.69, 9.17) is 14.6 Å². The van der Waals surface area contributed by atoms with Gasteiger partial charge in [-0.2, -0.15) is 0 Å². The van der Waals surface area contributed by atoms with Crippen LogP contribution in [0.2, 0.25) is 0 Å². The van der Waals surface area contributed by atoms with Crippen molar-refractivity contribution in [1.82, 2.24) is 19.6 Å². The fourth-order valence-corrected chi connectivity index (χ4v) is 6.19. The predicted molar refractivity (Wildman–Crippen MR) is 172 cm³/mol. The van der Waals surface area contributed by atoms with Gasteiger partial charge in [0.2, 0.25) is 0 Å². The molecule has 0 fully saturated rings. The average molecular weight is 648 g/mol. The Bertz CT molecular complexity index is 1230. The van der Waals surface area contributed by atoms with Crippen molar-refractivity contribution in [3.63, 3.8) is 0 Å². The third kappa shape index (κ3) is 13.4. The van der Waals surface area contributed by atoms with Crippen LogP contribution >= 0.6 is 22.7 Å². The van der Waals surface area contributed by atoms with Crippen LogP contribution in [0.1, 0.15) is 92.8 Å². The molecule has 0 amide bonds. The molecule has 1 N–H and O–H groups in total. The predicted octanol–water partition coefficient (Wildman–Crippen LogP) is 3.81. The maximum Gasteiger partial charge on any atom is 0.355 e. The van der Waals surface area contributed by atoms with Crippen LogP contribution in [0.5, 0.6) is 0 Å². The minimum atomic E-state index is -1.12. The van der Waals surface area contributed by atoms with Crippen molar-refractivity contribution in [3.05, 3.63) is 32.2 Å². The molecule has 2 aromatic rings. The van der Waals surface area contributed by atoms with Gasteiger partial charge in [0, 0.05) is 55.2 Å². The second-order valence-electron chi connectivity index (χ2n) is 10.9. The molecule has 0 spiro atoms. The van der Waals surface area contributed by atoms with Gasteiger partial charge in [0.15, 0.2) is 17.9 Å². The van der Waals surface area contributed by atoms with E-state index in [1.807, 2.05) is 38.0 Å². The number of aryl methyl sites for hydroxylation is 1. The molecule has 0 saturated heterocycles. The number of carboxylic acid groups (broad SMARTS) is 1. The van der Waals surface area contributed by atoms with Crippen LogP contribution in [0.15, 0.2) is 10.8 Å². The molecule has 2 rings (SSSR count). The van der Waals surface area contributed by atoms with E-state index >= 15 is 0 Å². The van der Waals surface area contributed by atoms with Crippen LogP contribution in [0.25, 0.3) is 0 Å². The van der Waals surface area contributed by atoms with Gasteiger partial charge in [0.1, 0.15) is 10.0 Å². The lowest BCUT2D eigenvalue weighted by molar-refractivity contribution is -0.148. The van der Waals surface area contributed by atoms with Crippen molar-refractivity contribution in [1.29, 1.82) is 0 Å². The molecule has 44 heavy (non-hydrogen) atoms. The average Bonchev–Trinajstić information content (AvgIpc) is 3.58. The highest BCUT2D eigenvalue weighted by molar-refractivity contribution is 7.10. The number of hydrogen-bond donors (Lipinski definition) is 1. The molecule has 2 aromatic heterocycles. The van der Waals surface area contributed by atoms with Crippen LogP contribution in [0.4, 0.5) is 0 Å². The second-order valence-corrected chi connectivity index (χ2v) is 12.7. The monoisotopic (exact) mass is 648 g/mol. The summed E-state index contributed by atoms with van der Waals surface area (Å²) in [6.07, 6.45) is 1.44. The van der Waals surface area contributed by atoms with Crippen LogP contribution < -0.4 is 0 Å². The second kappa shape index (κ2) is 19.4. The molecule has 0 unspecified atom stereocenters. The number of nitrogens with zero attached hydrogens (tertiary/aromatic N) is 4. The Morgan fingerprint density at radius 2 is 1.25 bits per heavy atom. The van der Waals surface area contributed by atoms with Crippen LogP contribution in [-0.2, 0) is 28.7 Å². The van der Waals surface area contributed by atoms with E-state index < -0.39 is 18.0 Å². The molecule has 0 aliphatic heterocycles. The largest absolute Gasteiger partial charge is 0.476 e. The molecule has 2 heterocycles. The first kappa shape index (κ1) is 39.1. The minimum Gasteiger partial charge on any atom is -0.476 e. The summed E-state index contributed by atoms with van der Waals surface area (Å²) in [7, 11) is 6.55. The first-order valence-electron chi connectivity index (χ1n) is 14.1. The number of carbonyl (C=O) groups excluding carboxylic acids is 4. The third-order valence-corrected chi connectivity index (χ3v) is 8.63. The molecule has 240 valence electrons. The fraction of sp³-hybridized carbons (Fsp3) is 0.607. The van der Waals surface area contributed by atoms with E-state index in [0.29, 0.717) is 30.0 Å². The van der Waals surface area contributed by atoms with E-state index in [0.717, 1.165) is 28.2 Å². The molecule has 16 heteroatoms. The standard InChI is InChI=1S/C14H20BN2O5S.C14H22BN2O3S/c1-8(2)11(17(4)15-7-18)5-12(22-9(3)19)13-16-10(6-23-13)14(20)21;1-9(2)12(17(5)15-8-18)6-13(20-11(4)19)14-16-10(3)7-21-14/h6-8,11-12H,5H2,1-4H3,(H,20,21);7-9,12-13H,6H2,1-5H3/t11-,12+;12-,13+/m10/s1. The number of carbonyl (C=O) groups is 5. The normalized spacial score (nSPS) is 13.8. The first-order chi connectivity index (χ1) is 20.6. The van der Waals surface area contributed by atoms with Crippen molar-refractivity contribution in [3.8, 4) is 0 Å². The molecule has 12 nitrogen and oxygen atoms in total. The smallest absolute Gasteiger partial charge is 0.355 e. The van der Waals surface area contributed by atoms with Crippen molar-refractivity contribution in [2.24, 2.45) is 11.8 Å². The molecule has 0 saturated carbocycles. The summed E-state index contributed by atoms with van der Waals surface area (Å²) < 4.78 is 10.8. The van der Waals surface area contributed by atoms with Crippen LogP contribution in [0.3, 0.4) is 0 Å². The molecule has 0 aliphatic carbocycles. The first-order valence-corrected chi connectivity index (χ1v) is 15.8. The van der Waals surface area contributed by atoms with Crippen molar-refractivity contribution in [2.75, 3.05) is 14.1 Å². The quantitative estimate of drug-likeness (QED) is 0.151. The Labute approximate surface area is 269 Å². The number of thiazole rings is 2. The van der Waals surface area contributed by atoms with E-state index in [1.54, 1.807) is 11.9 Å². The molecular weight excluding hydrogens is 606 g/mol. The summed E-state index contributed by atoms with van der Waals surface area (Å²) in [4.78, 5) is 67.2. The van der Waals surface area contributed by atoms with E-state index in [2.05, 4.69) is 23.8 Å². The molecule has 2 radical (unpaired) electrons. The SMILES string of the molecule is CC(=O)O[C@@H](C[C@H](C(C)C)N(C)[B]C=O)c1nc(C(=O)O)cs1.CC(=O)O[C@H](C[C@@H](C(C)C)N(C)[B]C=O)c1nc(C)cs1. The zero-order valence-electron chi connectivity index (χ0n) is 26.8. The summed E-state index contributed by atoms with van der Waals surface area (Å²) in [6.45, 7) is 12.8. The summed E-state index contributed by atoms with van der Waals surface area (Å²) in [5.41, 5.74) is 0.845. The van der Waals surface area contributed by atoms with Gasteiger partial charge in [-0.1, -0.05) is 27.7 Å². The minimum absolute atomic E-state index is 0.0678. The molecule has 0 aromatic carbocycles. The molecular formula is C28H42B2N4O8S2. The van der Waals surface area contributed by atoms with Gasteiger partial charge in [-0.05, 0) is 32.9 Å². The van der Waals surface area contributed by atoms with Crippen molar-refractivity contribution in [2.45, 2.75) is 85.6 Å². The number of ether oxygens (including phenoxy) is 2. The van der Waals surface area contributed by atoms with Gasteiger partial charge in [0.25, 0.3) is 14.8 Å². The number of rotatable bonds is 17. The number of aromatic nitrogens is 2. The molecule has 4 atom stereocenters. The number of carboxylic acids is 1. The van der Waals surface area contributed by atoms with Gasteiger partial charge in [-0.15, -0.1) is 22.7 Å². The zero-order valence-corrected chi connectivity index (χ0v) is 28.4. The van der Waals surface area contributed by atoms with Crippen molar-refractivity contribution >= 4 is 67.8 Å². The van der Waals surface area contributed by atoms with Gasteiger partial charge in [-0.3, -0.25) is 9.59 Å².